The molecule has 0 unspecified atom stereocenters. The van der Waals surface area contributed by atoms with E-state index in [0.717, 1.165) is 5.76 Å². The van der Waals surface area contributed by atoms with Gasteiger partial charge in [0.05, 0.1) is 23.8 Å². The first-order valence-electron chi connectivity index (χ1n) is 8.69. The van der Waals surface area contributed by atoms with Crippen molar-refractivity contribution in [3.8, 4) is 0 Å². The highest BCUT2D eigenvalue weighted by Crippen LogP contribution is 2.31. The number of anilines is 1. The lowest BCUT2D eigenvalue weighted by Gasteiger charge is -2.36. The van der Waals surface area contributed by atoms with Gasteiger partial charge in [-0.15, -0.1) is 0 Å². The number of hydrogen-bond donors (Lipinski definition) is 1. The van der Waals surface area contributed by atoms with Crippen LogP contribution in [0.3, 0.4) is 0 Å². The summed E-state index contributed by atoms with van der Waals surface area (Å²) in [6.07, 6.45) is 1.60. The van der Waals surface area contributed by atoms with Gasteiger partial charge in [-0.05, 0) is 31.2 Å². The molecule has 2 aromatic rings. The minimum absolute atomic E-state index is 0.00124. The number of benzene rings is 1. The van der Waals surface area contributed by atoms with Crippen molar-refractivity contribution in [2.45, 2.75) is 13.0 Å². The molecule has 1 aromatic heterocycles. The topological polar surface area (TPSA) is 91.9 Å². The average molecular weight is 393 g/mol. The summed E-state index contributed by atoms with van der Waals surface area (Å²) in [6.45, 7) is 4.22. The van der Waals surface area contributed by atoms with Crippen LogP contribution in [0, 0.1) is 10.1 Å². The lowest BCUT2D eigenvalue weighted by molar-refractivity contribution is -0.384. The normalized spacial score (nSPS) is 15.6. The maximum absolute atomic E-state index is 12.4. The first-order valence-corrected chi connectivity index (χ1v) is 9.07. The first kappa shape index (κ1) is 19.2. The van der Waals surface area contributed by atoms with Gasteiger partial charge in [-0.3, -0.25) is 20.2 Å². The highest BCUT2D eigenvalue weighted by molar-refractivity contribution is 6.30. The summed E-state index contributed by atoms with van der Waals surface area (Å²) in [5.41, 5.74) is 0.511. The number of rotatable bonds is 6. The number of carbonyl (C=O) groups excluding carboxylic acids is 1. The third-order valence-electron chi connectivity index (χ3n) is 4.64. The van der Waals surface area contributed by atoms with Gasteiger partial charge in [0.1, 0.15) is 11.4 Å². The maximum Gasteiger partial charge on any atom is 0.294 e. The Labute approximate surface area is 161 Å². The monoisotopic (exact) mass is 392 g/mol. The lowest BCUT2D eigenvalue weighted by atomic mass is 10.2. The van der Waals surface area contributed by atoms with Gasteiger partial charge in [0.25, 0.3) is 5.69 Å². The summed E-state index contributed by atoms with van der Waals surface area (Å²) in [5.74, 6) is 0.779. The van der Waals surface area contributed by atoms with E-state index in [-0.39, 0.29) is 24.2 Å². The fourth-order valence-electron chi connectivity index (χ4n) is 3.10. The van der Waals surface area contributed by atoms with Crippen LogP contribution in [0.25, 0.3) is 0 Å². The molecule has 0 bridgehead atoms. The molecule has 8 nitrogen and oxygen atoms in total. The minimum Gasteiger partial charge on any atom is -0.468 e. The molecule has 27 heavy (non-hydrogen) atoms. The summed E-state index contributed by atoms with van der Waals surface area (Å²) in [6, 6.07) is 8.27. The predicted molar refractivity (Wildman–Crippen MR) is 102 cm³/mol. The van der Waals surface area contributed by atoms with E-state index in [0.29, 0.717) is 36.9 Å². The zero-order chi connectivity index (χ0) is 19.4. The Bertz CT molecular complexity index is 804. The highest BCUT2D eigenvalue weighted by Gasteiger charge is 2.26. The molecule has 0 spiro atoms. The van der Waals surface area contributed by atoms with E-state index in [1.807, 2.05) is 24.0 Å². The SMILES string of the molecule is C[C@H](NCC(=O)N1CCN(c2ccc(Cl)cc2[N+](=O)[O-])CC1)c1ccco1. The largest absolute Gasteiger partial charge is 0.468 e. The zero-order valence-electron chi connectivity index (χ0n) is 14.9. The number of nitro groups is 1. The molecule has 0 radical (unpaired) electrons. The van der Waals surface area contributed by atoms with Crippen molar-refractivity contribution >= 4 is 28.9 Å². The fourth-order valence-corrected chi connectivity index (χ4v) is 3.26. The maximum atomic E-state index is 12.4. The third kappa shape index (κ3) is 4.58. The van der Waals surface area contributed by atoms with Crippen LogP contribution in [-0.4, -0.2) is 48.5 Å². The van der Waals surface area contributed by atoms with Crippen molar-refractivity contribution in [3.05, 3.63) is 57.5 Å². The number of nitro benzene ring substituents is 1. The predicted octanol–water partition coefficient (Wildman–Crippen LogP) is 2.84. The van der Waals surface area contributed by atoms with Crippen LogP contribution >= 0.6 is 11.6 Å². The van der Waals surface area contributed by atoms with Crippen molar-refractivity contribution in [1.29, 1.82) is 0 Å². The summed E-state index contributed by atoms with van der Waals surface area (Å²) in [4.78, 5) is 26.9. The van der Waals surface area contributed by atoms with Gasteiger partial charge < -0.3 is 14.2 Å². The van der Waals surface area contributed by atoms with Crippen LogP contribution in [0.2, 0.25) is 5.02 Å². The molecule has 1 aliphatic heterocycles. The number of halogens is 1. The quantitative estimate of drug-likeness (QED) is 0.600. The van der Waals surface area contributed by atoms with E-state index < -0.39 is 4.92 Å². The Morgan fingerprint density at radius 1 is 1.33 bits per heavy atom. The van der Waals surface area contributed by atoms with E-state index in [1.165, 1.54) is 6.07 Å². The Kier molecular flexibility index (Phi) is 5.98. The molecule has 1 aliphatic rings. The van der Waals surface area contributed by atoms with Gasteiger partial charge in [0.2, 0.25) is 5.91 Å². The second-order valence-electron chi connectivity index (χ2n) is 6.38. The molecule has 1 saturated heterocycles. The van der Waals surface area contributed by atoms with Crippen molar-refractivity contribution in [2.24, 2.45) is 0 Å². The van der Waals surface area contributed by atoms with Crippen LogP contribution in [0.4, 0.5) is 11.4 Å². The molecule has 2 heterocycles. The Morgan fingerprint density at radius 2 is 2.07 bits per heavy atom. The third-order valence-corrected chi connectivity index (χ3v) is 4.87. The van der Waals surface area contributed by atoms with E-state index >= 15 is 0 Å². The highest BCUT2D eigenvalue weighted by atomic mass is 35.5. The zero-order valence-corrected chi connectivity index (χ0v) is 15.7. The Morgan fingerprint density at radius 3 is 2.70 bits per heavy atom. The fraction of sp³-hybridized carbons (Fsp3) is 0.389. The van der Waals surface area contributed by atoms with Gasteiger partial charge in [0.15, 0.2) is 0 Å². The van der Waals surface area contributed by atoms with Crippen LogP contribution in [-0.2, 0) is 4.79 Å². The molecule has 0 saturated carbocycles. The summed E-state index contributed by atoms with van der Waals surface area (Å²) in [7, 11) is 0. The van der Waals surface area contributed by atoms with E-state index in [1.54, 1.807) is 23.3 Å². The molecular formula is C18H21ClN4O4. The van der Waals surface area contributed by atoms with Crippen molar-refractivity contribution < 1.29 is 14.1 Å². The number of nitrogens with zero attached hydrogens (tertiary/aromatic N) is 3. The summed E-state index contributed by atoms with van der Waals surface area (Å²) in [5, 5.41) is 14.8. The number of furan rings is 1. The van der Waals surface area contributed by atoms with E-state index in [4.69, 9.17) is 16.0 Å². The number of nitrogens with one attached hydrogen (secondary N) is 1. The van der Waals surface area contributed by atoms with Crippen molar-refractivity contribution in [1.82, 2.24) is 10.2 Å². The van der Waals surface area contributed by atoms with Crippen LogP contribution < -0.4 is 10.2 Å². The van der Waals surface area contributed by atoms with E-state index in [9.17, 15) is 14.9 Å². The molecule has 1 N–H and O–H groups in total. The molecule has 0 aliphatic carbocycles. The Balaban J connectivity index is 1.54. The van der Waals surface area contributed by atoms with Crippen molar-refractivity contribution in [2.75, 3.05) is 37.6 Å². The molecule has 1 atom stereocenters. The standard InChI is InChI=1S/C18H21ClN4O4/c1-13(17-3-2-10-27-17)20-12-18(24)22-8-6-21(7-9-22)15-5-4-14(19)11-16(15)23(25)26/h2-5,10-11,13,20H,6-9,12H2,1H3/t13-/m0/s1. The minimum atomic E-state index is -0.432. The average Bonchev–Trinajstić information content (AvgIpc) is 3.21. The number of carbonyl (C=O) groups is 1. The second-order valence-corrected chi connectivity index (χ2v) is 6.81. The molecule has 1 fully saturated rings. The second kappa shape index (κ2) is 8.41. The lowest BCUT2D eigenvalue weighted by Crippen LogP contribution is -2.51. The number of hydrogen-bond acceptors (Lipinski definition) is 6. The van der Waals surface area contributed by atoms with Gasteiger partial charge in [-0.25, -0.2) is 0 Å². The Hall–Kier alpha value is -2.58. The molecule has 9 heteroatoms. The number of piperazine rings is 1. The van der Waals surface area contributed by atoms with E-state index in [2.05, 4.69) is 5.32 Å². The summed E-state index contributed by atoms with van der Waals surface area (Å²) >= 11 is 5.87. The molecule has 3 rings (SSSR count). The van der Waals surface area contributed by atoms with Gasteiger partial charge in [-0.1, -0.05) is 11.6 Å². The van der Waals surface area contributed by atoms with Gasteiger partial charge in [0, 0.05) is 37.3 Å². The van der Waals surface area contributed by atoms with Gasteiger partial charge in [-0.2, -0.15) is 0 Å². The summed E-state index contributed by atoms with van der Waals surface area (Å²) < 4.78 is 5.32. The molecule has 144 valence electrons. The van der Waals surface area contributed by atoms with Crippen LogP contribution in [0.1, 0.15) is 18.7 Å². The first-order chi connectivity index (χ1) is 13.0. The van der Waals surface area contributed by atoms with Gasteiger partial charge >= 0.3 is 0 Å². The van der Waals surface area contributed by atoms with Crippen LogP contribution in [0.5, 0.6) is 0 Å². The van der Waals surface area contributed by atoms with Crippen molar-refractivity contribution in [3.63, 3.8) is 0 Å². The smallest absolute Gasteiger partial charge is 0.294 e. The molecular weight excluding hydrogens is 372 g/mol. The van der Waals surface area contributed by atoms with Crippen LogP contribution in [0.15, 0.2) is 41.0 Å². The number of amides is 1. The molecule has 1 amide bonds. The molecule has 1 aromatic carbocycles.